The Kier molecular flexibility index (Phi) is 3.58. The first kappa shape index (κ1) is 12.1. The summed E-state index contributed by atoms with van der Waals surface area (Å²) < 4.78 is 4.95. The maximum Gasteiger partial charge on any atom is 0.308 e. The van der Waals surface area contributed by atoms with Crippen LogP contribution in [0.5, 0.6) is 0 Å². The Labute approximate surface area is 107 Å². The van der Waals surface area contributed by atoms with Crippen molar-refractivity contribution in [1.82, 2.24) is 0 Å². The van der Waals surface area contributed by atoms with Crippen LogP contribution in [0, 0.1) is 0 Å². The fraction of sp³-hybridized carbons (Fsp3) is 0.0625. The molecule has 0 spiro atoms. The topological polar surface area (TPSA) is 26.3 Å². The molecule has 18 heavy (non-hydrogen) atoms. The smallest absolute Gasteiger partial charge is 0.308 e. The van der Waals surface area contributed by atoms with E-state index in [1.54, 1.807) is 0 Å². The largest absolute Gasteiger partial charge is 0.427 e. The van der Waals surface area contributed by atoms with Crippen molar-refractivity contribution >= 4 is 11.7 Å². The van der Waals surface area contributed by atoms with Crippen LogP contribution in [0.1, 0.15) is 12.5 Å². The summed E-state index contributed by atoms with van der Waals surface area (Å²) in [5.74, 6) is 0.0225. The van der Waals surface area contributed by atoms with E-state index in [2.05, 4.69) is 18.7 Å². The van der Waals surface area contributed by atoms with Crippen molar-refractivity contribution in [2.75, 3.05) is 0 Å². The van der Waals surface area contributed by atoms with Crippen molar-refractivity contribution in [2.24, 2.45) is 0 Å². The van der Waals surface area contributed by atoms with Crippen LogP contribution in [-0.4, -0.2) is 5.97 Å². The second-order valence-corrected chi connectivity index (χ2v) is 3.96. The molecule has 0 unspecified atom stereocenters. The van der Waals surface area contributed by atoms with E-state index in [4.69, 9.17) is 4.74 Å². The molecule has 0 saturated carbocycles. The lowest BCUT2D eigenvalue weighted by Crippen LogP contribution is -1.96. The molecule has 0 bridgehead atoms. The van der Waals surface area contributed by atoms with E-state index < -0.39 is 0 Å². The van der Waals surface area contributed by atoms with Crippen LogP contribution in [0.15, 0.2) is 61.2 Å². The highest BCUT2D eigenvalue weighted by atomic mass is 16.5. The van der Waals surface area contributed by atoms with Gasteiger partial charge in [0.1, 0.15) is 5.76 Å². The molecule has 2 aromatic rings. The van der Waals surface area contributed by atoms with Gasteiger partial charge in [-0.2, -0.15) is 0 Å². The van der Waals surface area contributed by atoms with Gasteiger partial charge in [-0.15, -0.1) is 0 Å². The lowest BCUT2D eigenvalue weighted by atomic mass is 10.0. The Balaban J connectivity index is 2.20. The lowest BCUT2D eigenvalue weighted by molar-refractivity contribution is -0.134. The molecule has 0 N–H and O–H groups in total. The number of rotatable bonds is 3. The first-order valence-corrected chi connectivity index (χ1v) is 5.70. The predicted octanol–water partition coefficient (Wildman–Crippen LogP) is 3.89. The Hall–Kier alpha value is -2.35. The van der Waals surface area contributed by atoms with Crippen molar-refractivity contribution in [3.63, 3.8) is 0 Å². The van der Waals surface area contributed by atoms with E-state index in [-0.39, 0.29) is 5.97 Å². The van der Waals surface area contributed by atoms with Gasteiger partial charge < -0.3 is 4.74 Å². The van der Waals surface area contributed by atoms with Gasteiger partial charge in [0.25, 0.3) is 0 Å². The molecule has 0 aliphatic rings. The monoisotopic (exact) mass is 238 g/mol. The summed E-state index contributed by atoms with van der Waals surface area (Å²) in [7, 11) is 0. The van der Waals surface area contributed by atoms with Crippen LogP contribution >= 0.6 is 0 Å². The van der Waals surface area contributed by atoms with Crippen LogP contribution in [0.25, 0.3) is 16.9 Å². The van der Waals surface area contributed by atoms with Crippen molar-refractivity contribution < 1.29 is 9.53 Å². The summed E-state index contributed by atoms with van der Waals surface area (Å²) in [5, 5.41) is 0. The van der Waals surface area contributed by atoms with E-state index in [9.17, 15) is 4.79 Å². The van der Waals surface area contributed by atoms with E-state index in [1.807, 2.05) is 42.5 Å². The van der Waals surface area contributed by atoms with Gasteiger partial charge in [0, 0.05) is 12.5 Å². The molecule has 0 fully saturated rings. The van der Waals surface area contributed by atoms with E-state index in [1.165, 1.54) is 6.92 Å². The third-order valence-corrected chi connectivity index (χ3v) is 2.58. The first-order chi connectivity index (χ1) is 8.66. The third-order valence-electron chi connectivity index (χ3n) is 2.58. The maximum absolute atomic E-state index is 10.8. The van der Waals surface area contributed by atoms with Crippen LogP contribution < -0.4 is 0 Å². The van der Waals surface area contributed by atoms with Crippen LogP contribution in [0.2, 0.25) is 0 Å². The maximum atomic E-state index is 10.8. The molecule has 2 aromatic carbocycles. The molecule has 0 radical (unpaired) electrons. The minimum atomic E-state index is -0.355. The molecule has 0 aromatic heterocycles. The van der Waals surface area contributed by atoms with Gasteiger partial charge in [-0.3, -0.25) is 4.79 Å². The molecule has 0 heterocycles. The summed E-state index contributed by atoms with van der Waals surface area (Å²) in [5.41, 5.74) is 3.09. The Morgan fingerprint density at radius 1 is 0.944 bits per heavy atom. The second-order valence-electron chi connectivity index (χ2n) is 3.96. The fourth-order valence-corrected chi connectivity index (χ4v) is 1.71. The van der Waals surface area contributed by atoms with E-state index in [0.717, 1.165) is 16.7 Å². The average Bonchev–Trinajstić information content (AvgIpc) is 2.39. The molecule has 90 valence electrons. The average molecular weight is 238 g/mol. The standard InChI is InChI=1S/C16H14O2/c1-12(18-13(2)17)14-8-10-16(11-9-14)15-6-4-3-5-7-15/h3-11H,1H2,2H3. The normalized spacial score (nSPS) is 9.83. The number of carbonyl (C=O) groups excluding carboxylic acids is 1. The molecule has 2 rings (SSSR count). The van der Waals surface area contributed by atoms with E-state index >= 15 is 0 Å². The summed E-state index contributed by atoms with van der Waals surface area (Å²) in [6.07, 6.45) is 0. The van der Waals surface area contributed by atoms with Crippen LogP contribution in [0.4, 0.5) is 0 Å². The van der Waals surface area contributed by atoms with Crippen molar-refractivity contribution in [2.45, 2.75) is 6.92 Å². The SMILES string of the molecule is C=C(OC(C)=O)c1ccc(-c2ccccc2)cc1. The highest BCUT2D eigenvalue weighted by Crippen LogP contribution is 2.22. The summed E-state index contributed by atoms with van der Waals surface area (Å²) in [4.78, 5) is 10.8. The van der Waals surface area contributed by atoms with Crippen molar-refractivity contribution in [1.29, 1.82) is 0 Å². The fourth-order valence-electron chi connectivity index (χ4n) is 1.71. The predicted molar refractivity (Wildman–Crippen MR) is 72.7 cm³/mol. The van der Waals surface area contributed by atoms with Gasteiger partial charge in [-0.25, -0.2) is 0 Å². The van der Waals surface area contributed by atoms with Gasteiger partial charge in [0.15, 0.2) is 0 Å². The Morgan fingerprint density at radius 2 is 1.50 bits per heavy atom. The number of ether oxygens (including phenoxy) is 1. The van der Waals surface area contributed by atoms with Crippen LogP contribution in [-0.2, 0) is 9.53 Å². The van der Waals surface area contributed by atoms with Gasteiger partial charge in [0.2, 0.25) is 0 Å². The summed E-state index contributed by atoms with van der Waals surface area (Å²) in [6, 6.07) is 17.9. The molecule has 0 saturated heterocycles. The van der Waals surface area contributed by atoms with Gasteiger partial charge >= 0.3 is 5.97 Å². The molecular formula is C16H14O2. The number of hydrogen-bond donors (Lipinski definition) is 0. The number of carbonyl (C=O) groups is 1. The van der Waals surface area contributed by atoms with Gasteiger partial charge in [-0.1, -0.05) is 61.2 Å². The molecule has 0 amide bonds. The third kappa shape index (κ3) is 2.86. The summed E-state index contributed by atoms with van der Waals surface area (Å²) in [6.45, 7) is 5.09. The lowest BCUT2D eigenvalue weighted by Gasteiger charge is -2.06. The highest BCUT2D eigenvalue weighted by molar-refractivity contribution is 5.76. The van der Waals surface area contributed by atoms with E-state index in [0.29, 0.717) is 5.76 Å². The summed E-state index contributed by atoms with van der Waals surface area (Å²) >= 11 is 0. The first-order valence-electron chi connectivity index (χ1n) is 5.70. The van der Waals surface area contributed by atoms with Crippen molar-refractivity contribution in [3.8, 4) is 11.1 Å². The van der Waals surface area contributed by atoms with Crippen molar-refractivity contribution in [3.05, 3.63) is 66.7 Å². The molecule has 0 aliphatic carbocycles. The molecule has 2 heteroatoms. The van der Waals surface area contributed by atoms with Gasteiger partial charge in [-0.05, 0) is 11.1 Å². The van der Waals surface area contributed by atoms with Gasteiger partial charge in [0.05, 0.1) is 0 Å². The number of esters is 1. The molecule has 2 nitrogen and oxygen atoms in total. The number of benzene rings is 2. The van der Waals surface area contributed by atoms with Crippen LogP contribution in [0.3, 0.4) is 0 Å². The zero-order valence-electron chi connectivity index (χ0n) is 10.2. The quantitative estimate of drug-likeness (QED) is 0.599. The molecule has 0 atom stereocenters. The zero-order valence-corrected chi connectivity index (χ0v) is 10.2. The Bertz CT molecular complexity index is 553. The highest BCUT2D eigenvalue weighted by Gasteiger charge is 2.03. The minimum absolute atomic E-state index is 0.355. The molecule has 0 aliphatic heterocycles. The molecular weight excluding hydrogens is 224 g/mol. The second kappa shape index (κ2) is 5.32. The Morgan fingerprint density at radius 3 is 2.06 bits per heavy atom. The minimum Gasteiger partial charge on any atom is -0.427 e. The zero-order chi connectivity index (χ0) is 13.0. The number of hydrogen-bond acceptors (Lipinski definition) is 2.